The van der Waals surface area contributed by atoms with Crippen molar-refractivity contribution in [3.8, 4) is 22.8 Å². The fraction of sp³-hybridized carbons (Fsp3) is 0.222. The number of carbonyl (C=O) groups excluding carboxylic acids is 1. The topological polar surface area (TPSA) is 106 Å². The number of nitrogens with one attached hydrogen (secondary N) is 1. The summed E-state index contributed by atoms with van der Waals surface area (Å²) in [5, 5.41) is 2.58. The summed E-state index contributed by atoms with van der Waals surface area (Å²) in [4.78, 5) is 21.9. The first kappa shape index (κ1) is 27.1. The first-order chi connectivity index (χ1) is 18.7. The standard InChI is InChI=1S/C27H25Cl2N5O4S/c1-18-25(27(35)32-33-14-6-3-7-15-33)31-26(21-11-10-19(28)16-22(21)29)34(18)23-12-13-30-17-24(23)39(36,37)38-20-8-4-2-5-9-20/h2,4-5,8-13,16-17H,3,6-7,14-15H2,1H3,(H,32,35). The van der Waals surface area contributed by atoms with E-state index in [0.717, 1.165) is 32.4 Å². The summed E-state index contributed by atoms with van der Waals surface area (Å²) >= 11 is 12.7. The van der Waals surface area contributed by atoms with E-state index >= 15 is 0 Å². The van der Waals surface area contributed by atoms with E-state index in [0.29, 0.717) is 16.3 Å². The Kier molecular flexibility index (Phi) is 7.90. The highest BCUT2D eigenvalue weighted by Gasteiger charge is 2.29. The van der Waals surface area contributed by atoms with Crippen LogP contribution in [-0.4, -0.2) is 47.0 Å². The average molecular weight is 587 g/mol. The lowest BCUT2D eigenvalue weighted by molar-refractivity contribution is 0.0744. The summed E-state index contributed by atoms with van der Waals surface area (Å²) in [6.45, 7) is 3.18. The van der Waals surface area contributed by atoms with E-state index in [9.17, 15) is 13.2 Å². The number of hydrogen-bond acceptors (Lipinski definition) is 7. The highest BCUT2D eigenvalue weighted by molar-refractivity contribution is 7.87. The molecule has 1 amide bonds. The van der Waals surface area contributed by atoms with Gasteiger partial charge in [0.2, 0.25) is 0 Å². The van der Waals surface area contributed by atoms with E-state index in [1.165, 1.54) is 30.6 Å². The second-order valence-electron chi connectivity index (χ2n) is 9.01. The number of halogens is 2. The van der Waals surface area contributed by atoms with Gasteiger partial charge < -0.3 is 4.18 Å². The summed E-state index contributed by atoms with van der Waals surface area (Å²) in [6.07, 6.45) is 5.74. The molecular formula is C27H25Cl2N5O4S. The number of carbonyl (C=O) groups is 1. The largest absolute Gasteiger partial charge is 0.379 e. The zero-order chi connectivity index (χ0) is 27.6. The number of nitrogens with zero attached hydrogens (tertiary/aromatic N) is 4. The number of benzene rings is 2. The minimum Gasteiger partial charge on any atom is -0.379 e. The zero-order valence-corrected chi connectivity index (χ0v) is 23.3. The zero-order valence-electron chi connectivity index (χ0n) is 21.0. The van der Waals surface area contributed by atoms with Crippen molar-refractivity contribution in [2.75, 3.05) is 13.1 Å². The number of piperidine rings is 1. The van der Waals surface area contributed by atoms with Crippen LogP contribution in [0.25, 0.3) is 17.1 Å². The molecule has 0 atom stereocenters. The molecule has 202 valence electrons. The van der Waals surface area contributed by atoms with Gasteiger partial charge >= 0.3 is 10.1 Å². The van der Waals surface area contributed by atoms with Crippen molar-refractivity contribution in [1.29, 1.82) is 0 Å². The predicted molar refractivity (Wildman–Crippen MR) is 149 cm³/mol. The van der Waals surface area contributed by atoms with Gasteiger partial charge in [-0.3, -0.25) is 19.8 Å². The van der Waals surface area contributed by atoms with Gasteiger partial charge in [0.1, 0.15) is 16.5 Å². The summed E-state index contributed by atoms with van der Waals surface area (Å²) in [5.41, 5.74) is 4.13. The minimum absolute atomic E-state index is 0.130. The lowest BCUT2D eigenvalue weighted by Crippen LogP contribution is -2.45. The average Bonchev–Trinajstić information content (AvgIpc) is 3.26. The Balaban J connectivity index is 1.65. The second kappa shape index (κ2) is 11.4. The van der Waals surface area contributed by atoms with Crippen molar-refractivity contribution in [3.05, 3.63) is 88.4 Å². The first-order valence-corrected chi connectivity index (χ1v) is 14.5. The van der Waals surface area contributed by atoms with Crippen LogP contribution in [0.15, 0.2) is 71.9 Å². The van der Waals surface area contributed by atoms with Crippen molar-refractivity contribution in [1.82, 2.24) is 25.0 Å². The Morgan fingerprint density at radius 1 is 1.03 bits per heavy atom. The van der Waals surface area contributed by atoms with Crippen LogP contribution in [0, 0.1) is 6.92 Å². The molecule has 0 unspecified atom stereocenters. The van der Waals surface area contributed by atoms with Crippen molar-refractivity contribution in [2.45, 2.75) is 31.1 Å². The van der Waals surface area contributed by atoms with Crippen LogP contribution in [0.2, 0.25) is 10.0 Å². The SMILES string of the molecule is Cc1c(C(=O)NN2CCCCC2)nc(-c2ccc(Cl)cc2Cl)n1-c1ccncc1S(=O)(=O)Oc1ccccc1. The van der Waals surface area contributed by atoms with Crippen LogP contribution in [-0.2, 0) is 10.1 Å². The van der Waals surface area contributed by atoms with E-state index in [-0.39, 0.29) is 32.9 Å². The molecular weight excluding hydrogens is 561 g/mol. The van der Waals surface area contributed by atoms with Gasteiger partial charge in [-0.2, -0.15) is 8.42 Å². The van der Waals surface area contributed by atoms with Gasteiger partial charge in [-0.25, -0.2) is 9.99 Å². The normalized spacial score (nSPS) is 14.2. The monoisotopic (exact) mass is 585 g/mol. The molecule has 1 N–H and O–H groups in total. The Morgan fingerprint density at radius 2 is 1.77 bits per heavy atom. The number of aromatic nitrogens is 3. The van der Waals surface area contributed by atoms with Gasteiger partial charge in [0.15, 0.2) is 5.69 Å². The molecule has 0 spiro atoms. The van der Waals surface area contributed by atoms with Crippen molar-refractivity contribution < 1.29 is 17.4 Å². The number of imidazole rings is 1. The predicted octanol–water partition coefficient (Wildman–Crippen LogP) is 5.45. The molecule has 0 aliphatic carbocycles. The molecule has 39 heavy (non-hydrogen) atoms. The highest BCUT2D eigenvalue weighted by atomic mass is 35.5. The molecule has 1 saturated heterocycles. The molecule has 4 aromatic rings. The molecule has 2 aromatic carbocycles. The molecule has 1 fully saturated rings. The maximum atomic E-state index is 13.4. The number of rotatable bonds is 7. The van der Waals surface area contributed by atoms with Crippen LogP contribution in [0.1, 0.15) is 35.4 Å². The van der Waals surface area contributed by atoms with Crippen molar-refractivity contribution in [2.24, 2.45) is 0 Å². The maximum Gasteiger partial charge on any atom is 0.342 e. The number of para-hydroxylation sites is 1. The van der Waals surface area contributed by atoms with E-state index in [1.54, 1.807) is 47.9 Å². The molecule has 0 bridgehead atoms. The van der Waals surface area contributed by atoms with Gasteiger partial charge in [0, 0.05) is 29.9 Å². The second-order valence-corrected chi connectivity index (χ2v) is 11.4. The summed E-state index contributed by atoms with van der Waals surface area (Å²) in [5.74, 6) is 0.0102. The third kappa shape index (κ3) is 5.79. The van der Waals surface area contributed by atoms with Crippen LogP contribution < -0.4 is 9.61 Å². The maximum absolute atomic E-state index is 13.4. The van der Waals surface area contributed by atoms with E-state index < -0.39 is 16.0 Å². The van der Waals surface area contributed by atoms with E-state index in [1.807, 2.05) is 5.01 Å². The van der Waals surface area contributed by atoms with Crippen LogP contribution in [0.3, 0.4) is 0 Å². The summed E-state index contributed by atoms with van der Waals surface area (Å²) < 4.78 is 33.9. The van der Waals surface area contributed by atoms with Gasteiger partial charge in [0.05, 0.1) is 22.6 Å². The lowest BCUT2D eigenvalue weighted by Gasteiger charge is -2.26. The molecule has 0 saturated carbocycles. The number of pyridine rings is 1. The third-order valence-corrected chi connectivity index (χ3v) is 8.15. The number of amides is 1. The van der Waals surface area contributed by atoms with Crippen LogP contribution >= 0.6 is 23.2 Å². The van der Waals surface area contributed by atoms with Crippen molar-refractivity contribution in [3.63, 3.8) is 0 Å². The quantitative estimate of drug-likeness (QED) is 0.287. The minimum atomic E-state index is -4.33. The highest BCUT2D eigenvalue weighted by Crippen LogP contribution is 2.35. The fourth-order valence-electron chi connectivity index (χ4n) is 4.46. The van der Waals surface area contributed by atoms with E-state index in [2.05, 4.69) is 15.4 Å². The Morgan fingerprint density at radius 3 is 2.49 bits per heavy atom. The number of hydrazine groups is 1. The number of hydrogen-bond donors (Lipinski definition) is 1. The molecule has 0 radical (unpaired) electrons. The molecule has 12 heteroatoms. The smallest absolute Gasteiger partial charge is 0.342 e. The Bertz CT molecular complexity index is 1620. The third-order valence-electron chi connectivity index (χ3n) is 6.33. The van der Waals surface area contributed by atoms with E-state index in [4.69, 9.17) is 27.4 Å². The first-order valence-electron chi connectivity index (χ1n) is 12.3. The summed E-state index contributed by atoms with van der Waals surface area (Å²) in [7, 11) is -4.33. The summed E-state index contributed by atoms with van der Waals surface area (Å²) in [6, 6.07) is 14.6. The van der Waals surface area contributed by atoms with Gasteiger partial charge in [-0.15, -0.1) is 0 Å². The van der Waals surface area contributed by atoms with Gasteiger partial charge in [0.25, 0.3) is 5.91 Å². The molecule has 3 heterocycles. The molecule has 1 aliphatic rings. The van der Waals surface area contributed by atoms with Crippen molar-refractivity contribution >= 4 is 39.2 Å². The Labute approximate surface area is 236 Å². The molecule has 2 aromatic heterocycles. The van der Waals surface area contributed by atoms with Gasteiger partial charge in [-0.05, 0) is 56.2 Å². The van der Waals surface area contributed by atoms with Crippen LogP contribution in [0.4, 0.5) is 0 Å². The molecule has 9 nitrogen and oxygen atoms in total. The van der Waals surface area contributed by atoms with Gasteiger partial charge in [-0.1, -0.05) is 47.8 Å². The Hall–Kier alpha value is -3.44. The molecule has 1 aliphatic heterocycles. The fourth-order valence-corrected chi connectivity index (χ4v) is 6.02. The molecule has 5 rings (SSSR count). The lowest BCUT2D eigenvalue weighted by atomic mass is 10.2. The van der Waals surface area contributed by atoms with Crippen LogP contribution in [0.5, 0.6) is 5.75 Å².